The van der Waals surface area contributed by atoms with Gasteiger partial charge in [0.05, 0.1) is 16.6 Å². The number of carbonyl (C=O) groups is 1. The summed E-state index contributed by atoms with van der Waals surface area (Å²) in [4.78, 5) is 21.4. The fourth-order valence-electron chi connectivity index (χ4n) is 3.65. The molecule has 7 nitrogen and oxygen atoms in total. The second-order valence-electron chi connectivity index (χ2n) is 7.49. The van der Waals surface area contributed by atoms with Crippen LogP contribution < -0.4 is 10.2 Å². The Kier molecular flexibility index (Phi) is 5.00. The van der Waals surface area contributed by atoms with Gasteiger partial charge in [-0.15, -0.1) is 0 Å². The number of amides is 1. The van der Waals surface area contributed by atoms with Crippen LogP contribution in [-0.4, -0.2) is 54.2 Å². The second-order valence-corrected chi connectivity index (χ2v) is 7.49. The predicted octanol–water partition coefficient (Wildman–Crippen LogP) is 3.31. The Morgan fingerprint density at radius 2 is 1.96 bits per heavy atom. The van der Waals surface area contributed by atoms with Crippen molar-refractivity contribution in [3.05, 3.63) is 47.8 Å². The van der Waals surface area contributed by atoms with Crippen LogP contribution in [0, 0.1) is 6.92 Å². The summed E-state index contributed by atoms with van der Waals surface area (Å²) in [5.41, 5.74) is 3.56. The topological polar surface area (TPSA) is 74.5 Å². The monoisotopic (exact) mass is 379 g/mol. The van der Waals surface area contributed by atoms with E-state index in [1.807, 2.05) is 19.1 Å². The van der Waals surface area contributed by atoms with Crippen LogP contribution in [0.3, 0.4) is 0 Å². The van der Waals surface area contributed by atoms with E-state index in [0.29, 0.717) is 17.3 Å². The average Bonchev–Trinajstić information content (AvgIpc) is 3.09. The molecule has 0 radical (unpaired) electrons. The molecule has 0 aliphatic carbocycles. The quantitative estimate of drug-likeness (QED) is 0.750. The van der Waals surface area contributed by atoms with E-state index in [9.17, 15) is 4.79 Å². The zero-order valence-corrected chi connectivity index (χ0v) is 16.5. The Morgan fingerprint density at radius 1 is 1.25 bits per heavy atom. The number of likely N-dealkylation sites (tertiary alicyclic amines) is 1. The fourth-order valence-corrected chi connectivity index (χ4v) is 3.65. The van der Waals surface area contributed by atoms with Crippen LogP contribution in [-0.2, 0) is 0 Å². The lowest BCUT2D eigenvalue weighted by molar-refractivity contribution is 0.102. The summed E-state index contributed by atoms with van der Waals surface area (Å²) in [5.74, 6) is -0.202. The molecule has 3 heterocycles. The molecule has 1 saturated heterocycles. The van der Waals surface area contributed by atoms with Crippen molar-refractivity contribution in [3.8, 4) is 0 Å². The minimum atomic E-state index is -0.202. The molecule has 0 spiro atoms. The summed E-state index contributed by atoms with van der Waals surface area (Å²) in [5, 5.41) is 7.56. The maximum absolute atomic E-state index is 12.6. The zero-order chi connectivity index (χ0) is 19.7. The second kappa shape index (κ2) is 7.59. The van der Waals surface area contributed by atoms with Gasteiger partial charge in [0.15, 0.2) is 0 Å². The normalized spacial score (nSPS) is 15.7. The molecule has 1 aromatic carbocycles. The Labute approximate surface area is 164 Å². The third-order valence-electron chi connectivity index (χ3n) is 5.54. The number of aryl methyl sites for hydroxylation is 1. The van der Waals surface area contributed by atoms with E-state index in [2.05, 4.69) is 51.5 Å². The molecule has 146 valence electrons. The first kappa shape index (κ1) is 18.4. The number of piperidine rings is 1. The Morgan fingerprint density at radius 3 is 2.68 bits per heavy atom. The number of aromatic nitrogens is 2. The SMILES string of the molecule is Cc1noc2ncc(C(=O)Nc3ccc(N(C)C4CCN(C)CC4)cc3)cc12. The van der Waals surface area contributed by atoms with Gasteiger partial charge < -0.3 is 19.6 Å². The van der Waals surface area contributed by atoms with Crippen LogP contribution in [0.4, 0.5) is 11.4 Å². The molecule has 4 rings (SSSR count). The first-order valence-electron chi connectivity index (χ1n) is 9.56. The molecule has 0 unspecified atom stereocenters. The van der Waals surface area contributed by atoms with Crippen molar-refractivity contribution in [2.75, 3.05) is 37.4 Å². The van der Waals surface area contributed by atoms with Crippen LogP contribution in [0.1, 0.15) is 28.9 Å². The van der Waals surface area contributed by atoms with E-state index in [1.54, 1.807) is 6.07 Å². The van der Waals surface area contributed by atoms with E-state index >= 15 is 0 Å². The van der Waals surface area contributed by atoms with E-state index in [1.165, 1.54) is 19.0 Å². The lowest BCUT2D eigenvalue weighted by Crippen LogP contribution is -2.41. The van der Waals surface area contributed by atoms with Gasteiger partial charge in [0.1, 0.15) is 0 Å². The third-order valence-corrected chi connectivity index (χ3v) is 5.54. The highest BCUT2D eigenvalue weighted by Gasteiger charge is 2.20. The molecular formula is C21H25N5O2. The van der Waals surface area contributed by atoms with Crippen molar-refractivity contribution in [1.29, 1.82) is 0 Å². The summed E-state index contributed by atoms with van der Waals surface area (Å²) in [6, 6.07) is 10.3. The minimum Gasteiger partial charge on any atom is -0.372 e. The molecule has 1 N–H and O–H groups in total. The molecule has 28 heavy (non-hydrogen) atoms. The molecule has 3 aromatic rings. The van der Waals surface area contributed by atoms with E-state index in [-0.39, 0.29) is 5.91 Å². The van der Waals surface area contributed by atoms with Crippen molar-refractivity contribution in [1.82, 2.24) is 15.0 Å². The number of benzene rings is 1. The van der Waals surface area contributed by atoms with Crippen LogP contribution in [0.5, 0.6) is 0 Å². The Balaban J connectivity index is 1.43. The maximum Gasteiger partial charge on any atom is 0.257 e. The van der Waals surface area contributed by atoms with Gasteiger partial charge in [0, 0.05) is 30.7 Å². The summed E-state index contributed by atoms with van der Waals surface area (Å²) >= 11 is 0. The number of hydrogen-bond donors (Lipinski definition) is 1. The van der Waals surface area contributed by atoms with Crippen LogP contribution in [0.15, 0.2) is 41.1 Å². The maximum atomic E-state index is 12.6. The molecule has 7 heteroatoms. The van der Waals surface area contributed by atoms with Crippen LogP contribution in [0.2, 0.25) is 0 Å². The number of hydrogen-bond acceptors (Lipinski definition) is 6. The van der Waals surface area contributed by atoms with Gasteiger partial charge >= 0.3 is 0 Å². The van der Waals surface area contributed by atoms with Crippen LogP contribution >= 0.6 is 0 Å². The molecule has 1 fully saturated rings. The number of carbonyl (C=O) groups excluding carboxylic acids is 1. The van der Waals surface area contributed by atoms with Gasteiger partial charge in [-0.25, -0.2) is 4.98 Å². The van der Waals surface area contributed by atoms with Crippen molar-refractivity contribution in [2.24, 2.45) is 0 Å². The largest absolute Gasteiger partial charge is 0.372 e. The van der Waals surface area contributed by atoms with Crippen molar-refractivity contribution >= 4 is 28.4 Å². The molecule has 0 bridgehead atoms. The van der Waals surface area contributed by atoms with Crippen molar-refractivity contribution in [2.45, 2.75) is 25.8 Å². The summed E-state index contributed by atoms with van der Waals surface area (Å²) < 4.78 is 5.09. The summed E-state index contributed by atoms with van der Waals surface area (Å²) in [6.45, 7) is 4.09. The molecule has 1 amide bonds. The summed E-state index contributed by atoms with van der Waals surface area (Å²) in [6.07, 6.45) is 3.84. The zero-order valence-electron chi connectivity index (χ0n) is 16.5. The molecule has 0 atom stereocenters. The molecule has 0 saturated carbocycles. The number of nitrogens with zero attached hydrogens (tertiary/aromatic N) is 4. The van der Waals surface area contributed by atoms with Gasteiger partial charge in [-0.1, -0.05) is 5.16 Å². The number of nitrogens with one attached hydrogen (secondary N) is 1. The van der Waals surface area contributed by atoms with Crippen LogP contribution in [0.25, 0.3) is 11.1 Å². The Bertz CT molecular complexity index is 974. The Hall–Kier alpha value is -2.93. The highest BCUT2D eigenvalue weighted by atomic mass is 16.5. The average molecular weight is 379 g/mol. The van der Waals surface area contributed by atoms with Gasteiger partial charge in [-0.05, 0) is 70.2 Å². The summed E-state index contributed by atoms with van der Waals surface area (Å²) in [7, 11) is 4.32. The van der Waals surface area contributed by atoms with Gasteiger partial charge in [0.25, 0.3) is 11.6 Å². The minimum absolute atomic E-state index is 0.202. The molecule has 2 aromatic heterocycles. The molecule has 1 aliphatic heterocycles. The molecule has 1 aliphatic rings. The number of anilines is 2. The van der Waals surface area contributed by atoms with E-state index in [4.69, 9.17) is 4.52 Å². The number of fused-ring (bicyclic) bond motifs is 1. The standard InChI is InChI=1S/C21H25N5O2/c1-14-19-12-15(13-22-21(19)28-24-14)20(27)23-16-4-6-17(7-5-16)26(3)18-8-10-25(2)11-9-18/h4-7,12-13,18H,8-11H2,1-3H3,(H,23,27). The predicted molar refractivity (Wildman–Crippen MR) is 110 cm³/mol. The highest BCUT2D eigenvalue weighted by Crippen LogP contribution is 2.24. The molecular weight excluding hydrogens is 354 g/mol. The third kappa shape index (κ3) is 3.71. The van der Waals surface area contributed by atoms with Crippen molar-refractivity contribution < 1.29 is 9.32 Å². The van der Waals surface area contributed by atoms with Gasteiger partial charge in [-0.3, -0.25) is 4.79 Å². The number of rotatable bonds is 4. The first-order valence-corrected chi connectivity index (χ1v) is 9.56. The fraction of sp³-hybridized carbons (Fsp3) is 0.381. The van der Waals surface area contributed by atoms with E-state index < -0.39 is 0 Å². The number of pyridine rings is 1. The lowest BCUT2D eigenvalue weighted by atomic mass is 10.0. The van der Waals surface area contributed by atoms with Gasteiger partial charge in [-0.2, -0.15) is 0 Å². The highest BCUT2D eigenvalue weighted by molar-refractivity contribution is 6.05. The lowest BCUT2D eigenvalue weighted by Gasteiger charge is -2.36. The first-order chi connectivity index (χ1) is 13.5. The van der Waals surface area contributed by atoms with E-state index in [0.717, 1.165) is 35.5 Å². The smallest absolute Gasteiger partial charge is 0.257 e. The van der Waals surface area contributed by atoms with Crippen molar-refractivity contribution in [3.63, 3.8) is 0 Å². The van der Waals surface area contributed by atoms with Gasteiger partial charge in [0.2, 0.25) is 0 Å².